The number of nitrogens with zero attached hydrogens (tertiary/aromatic N) is 2. The second kappa shape index (κ2) is 9.64. The molecule has 0 heterocycles. The second-order valence-corrected chi connectivity index (χ2v) is 4.94. The zero-order valence-electron chi connectivity index (χ0n) is 13.4. The van der Waals surface area contributed by atoms with E-state index in [9.17, 15) is 9.59 Å². The van der Waals surface area contributed by atoms with Crippen LogP contribution in [0.4, 0.5) is 4.79 Å². The van der Waals surface area contributed by atoms with Crippen LogP contribution in [0.25, 0.3) is 5.53 Å². The molecule has 0 fully saturated rings. The fourth-order valence-corrected chi connectivity index (χ4v) is 1.95. The molecule has 0 atom stereocenters. The smallest absolute Gasteiger partial charge is 0.422 e. The molecule has 0 saturated carbocycles. The van der Waals surface area contributed by atoms with Crippen LogP contribution in [-0.4, -0.2) is 35.7 Å². The Morgan fingerprint density at radius 3 is 2.24 bits per heavy atom. The Balaban J connectivity index is 1.69. The molecule has 0 saturated heterocycles. The normalized spacial score (nSPS) is 9.60. The highest BCUT2D eigenvalue weighted by atomic mass is 16.6. The summed E-state index contributed by atoms with van der Waals surface area (Å²) in [4.78, 5) is 26.4. The molecule has 7 heteroatoms. The SMILES string of the molecule is [N-]=[N+]=C(C(=O)OCCNC(=O)OCc1ccccc1)c1ccccc1. The first kappa shape index (κ1) is 17.9. The average molecular weight is 339 g/mol. The first-order chi connectivity index (χ1) is 12.2. The van der Waals surface area contributed by atoms with Gasteiger partial charge in [-0.1, -0.05) is 48.5 Å². The van der Waals surface area contributed by atoms with Crippen molar-refractivity contribution in [2.75, 3.05) is 13.2 Å². The minimum Gasteiger partial charge on any atom is -0.455 e. The summed E-state index contributed by atoms with van der Waals surface area (Å²) in [5, 5.41) is 2.46. The third kappa shape index (κ3) is 5.93. The zero-order chi connectivity index (χ0) is 17.9. The Kier molecular flexibility index (Phi) is 6.91. The number of amides is 1. The van der Waals surface area contributed by atoms with Crippen molar-refractivity contribution in [3.63, 3.8) is 0 Å². The van der Waals surface area contributed by atoms with E-state index < -0.39 is 12.1 Å². The number of benzene rings is 2. The lowest BCUT2D eigenvalue weighted by Crippen LogP contribution is -2.30. The molecule has 7 nitrogen and oxygen atoms in total. The third-order valence-electron chi connectivity index (χ3n) is 3.16. The minimum absolute atomic E-state index is 0.0763. The van der Waals surface area contributed by atoms with E-state index in [1.165, 1.54) is 0 Å². The highest BCUT2D eigenvalue weighted by molar-refractivity contribution is 6.40. The largest absolute Gasteiger partial charge is 0.455 e. The van der Waals surface area contributed by atoms with Crippen LogP contribution in [0.1, 0.15) is 11.1 Å². The Bertz CT molecular complexity index is 756. The molecule has 0 aromatic heterocycles. The fraction of sp³-hybridized carbons (Fsp3) is 0.167. The Morgan fingerprint density at radius 1 is 0.960 bits per heavy atom. The van der Waals surface area contributed by atoms with Crippen molar-refractivity contribution in [1.82, 2.24) is 5.32 Å². The van der Waals surface area contributed by atoms with Gasteiger partial charge in [0.05, 0.1) is 12.1 Å². The molecule has 2 rings (SSSR count). The maximum absolute atomic E-state index is 11.9. The number of carbonyl (C=O) groups is 2. The predicted molar refractivity (Wildman–Crippen MR) is 89.8 cm³/mol. The summed E-state index contributed by atoms with van der Waals surface area (Å²) in [7, 11) is 0. The summed E-state index contributed by atoms with van der Waals surface area (Å²) in [5.41, 5.74) is 10.1. The Hall–Kier alpha value is -3.44. The molecule has 1 N–H and O–H groups in total. The van der Waals surface area contributed by atoms with Gasteiger partial charge in [0.2, 0.25) is 0 Å². The zero-order valence-corrected chi connectivity index (χ0v) is 13.4. The molecule has 0 spiro atoms. The van der Waals surface area contributed by atoms with E-state index in [2.05, 4.69) is 10.1 Å². The lowest BCUT2D eigenvalue weighted by atomic mass is 10.1. The molecule has 1 amide bonds. The maximum Gasteiger partial charge on any atom is 0.422 e. The van der Waals surface area contributed by atoms with Crippen LogP contribution in [0.3, 0.4) is 0 Å². The fourth-order valence-electron chi connectivity index (χ4n) is 1.95. The molecule has 0 radical (unpaired) electrons. The van der Waals surface area contributed by atoms with Crippen molar-refractivity contribution < 1.29 is 23.9 Å². The number of carbonyl (C=O) groups excluding carboxylic acids is 2. The van der Waals surface area contributed by atoms with Crippen LogP contribution in [0, 0.1) is 0 Å². The van der Waals surface area contributed by atoms with Gasteiger partial charge in [-0.3, -0.25) is 0 Å². The van der Waals surface area contributed by atoms with E-state index in [0.717, 1.165) is 5.56 Å². The summed E-state index contributed by atoms with van der Waals surface area (Å²) in [6, 6.07) is 17.7. The van der Waals surface area contributed by atoms with E-state index in [1.54, 1.807) is 30.3 Å². The van der Waals surface area contributed by atoms with E-state index in [-0.39, 0.29) is 25.5 Å². The van der Waals surface area contributed by atoms with Gasteiger partial charge in [0, 0.05) is 0 Å². The quantitative estimate of drug-likeness (QED) is 0.275. The van der Waals surface area contributed by atoms with Gasteiger partial charge in [-0.2, -0.15) is 4.79 Å². The average Bonchev–Trinajstić information content (AvgIpc) is 2.66. The van der Waals surface area contributed by atoms with Gasteiger partial charge in [0.15, 0.2) is 0 Å². The van der Waals surface area contributed by atoms with Crippen molar-refractivity contribution >= 4 is 17.8 Å². The Morgan fingerprint density at radius 2 is 1.60 bits per heavy atom. The molecule has 0 aliphatic carbocycles. The van der Waals surface area contributed by atoms with Gasteiger partial charge < -0.3 is 20.3 Å². The van der Waals surface area contributed by atoms with Gasteiger partial charge in [-0.15, -0.1) is 0 Å². The number of hydrogen-bond donors (Lipinski definition) is 1. The van der Waals surface area contributed by atoms with Gasteiger partial charge >= 0.3 is 17.8 Å². The predicted octanol–water partition coefficient (Wildman–Crippen LogP) is 2.18. The number of alkyl carbamates (subject to hydrolysis) is 1. The van der Waals surface area contributed by atoms with Crippen molar-refractivity contribution in [3.8, 4) is 0 Å². The molecule has 25 heavy (non-hydrogen) atoms. The van der Waals surface area contributed by atoms with Crippen molar-refractivity contribution in [1.29, 1.82) is 0 Å². The first-order valence-corrected chi connectivity index (χ1v) is 7.60. The summed E-state index contributed by atoms with van der Waals surface area (Å²) in [5.74, 6) is -0.784. The van der Waals surface area contributed by atoms with Crippen LogP contribution in [-0.2, 0) is 20.9 Å². The lowest BCUT2D eigenvalue weighted by molar-refractivity contribution is -0.139. The Labute approximate surface area is 144 Å². The van der Waals surface area contributed by atoms with Crippen LogP contribution in [0.2, 0.25) is 0 Å². The van der Waals surface area contributed by atoms with E-state index in [0.29, 0.717) is 5.56 Å². The van der Waals surface area contributed by atoms with Crippen LogP contribution in [0.5, 0.6) is 0 Å². The standard InChI is InChI=1S/C18H17N3O4/c19-21-16(15-9-5-2-6-10-15)17(22)24-12-11-20-18(23)25-13-14-7-3-1-4-8-14/h1-10H,11-13H2,(H,20,23). The number of nitrogens with one attached hydrogen (secondary N) is 1. The van der Waals surface area contributed by atoms with E-state index in [4.69, 9.17) is 15.0 Å². The van der Waals surface area contributed by atoms with Crippen LogP contribution >= 0.6 is 0 Å². The topological polar surface area (TPSA) is 101 Å². The van der Waals surface area contributed by atoms with Gasteiger partial charge in [0.25, 0.3) is 0 Å². The third-order valence-corrected chi connectivity index (χ3v) is 3.16. The van der Waals surface area contributed by atoms with Gasteiger partial charge in [0.1, 0.15) is 13.2 Å². The van der Waals surface area contributed by atoms with Crippen molar-refractivity contribution in [3.05, 3.63) is 77.3 Å². The second-order valence-electron chi connectivity index (χ2n) is 4.94. The van der Waals surface area contributed by atoms with E-state index in [1.807, 2.05) is 30.3 Å². The molecule has 0 aliphatic rings. The highest BCUT2D eigenvalue weighted by Gasteiger charge is 2.24. The summed E-state index contributed by atoms with van der Waals surface area (Å²) >= 11 is 0. The molecular formula is C18H17N3O4. The lowest BCUT2D eigenvalue weighted by Gasteiger charge is -2.07. The van der Waals surface area contributed by atoms with E-state index >= 15 is 0 Å². The van der Waals surface area contributed by atoms with Gasteiger partial charge in [-0.05, 0) is 17.7 Å². The number of hydrogen-bond acceptors (Lipinski definition) is 4. The molecule has 2 aromatic rings. The minimum atomic E-state index is -0.784. The summed E-state index contributed by atoms with van der Waals surface area (Å²) in [6.07, 6.45) is -0.612. The van der Waals surface area contributed by atoms with Crippen LogP contribution < -0.4 is 5.32 Å². The highest BCUT2D eigenvalue weighted by Crippen LogP contribution is 2.01. The molecule has 0 bridgehead atoms. The molecule has 0 unspecified atom stereocenters. The van der Waals surface area contributed by atoms with Gasteiger partial charge in [-0.25, -0.2) is 9.59 Å². The summed E-state index contributed by atoms with van der Waals surface area (Å²) in [6.45, 7) is 0.153. The number of esters is 1. The monoisotopic (exact) mass is 339 g/mol. The molecule has 2 aromatic carbocycles. The molecule has 0 aliphatic heterocycles. The molecular weight excluding hydrogens is 322 g/mol. The van der Waals surface area contributed by atoms with Crippen molar-refractivity contribution in [2.24, 2.45) is 0 Å². The first-order valence-electron chi connectivity index (χ1n) is 7.60. The maximum atomic E-state index is 11.9. The van der Waals surface area contributed by atoms with Crippen molar-refractivity contribution in [2.45, 2.75) is 6.61 Å². The number of rotatable bonds is 7. The number of ether oxygens (including phenoxy) is 2. The summed E-state index contributed by atoms with van der Waals surface area (Å²) < 4.78 is 9.98. The van der Waals surface area contributed by atoms with Crippen LogP contribution in [0.15, 0.2) is 60.7 Å². The molecule has 128 valence electrons.